The third-order valence-electron chi connectivity index (χ3n) is 3.62. The Bertz CT molecular complexity index is 537. The molecule has 0 saturated carbocycles. The number of piperazine rings is 1. The Labute approximate surface area is 131 Å². The molecule has 0 spiro atoms. The van der Waals surface area contributed by atoms with Crippen LogP contribution >= 0.6 is 0 Å². The molecule has 1 atom stereocenters. The highest BCUT2D eigenvalue weighted by Crippen LogP contribution is 2.26. The topological polar surface area (TPSA) is 49.9 Å². The van der Waals surface area contributed by atoms with Gasteiger partial charge in [0.25, 0.3) is 0 Å². The minimum atomic E-state index is -0.517. The minimum Gasteiger partial charge on any atom is -0.444 e. The van der Waals surface area contributed by atoms with E-state index in [1.165, 1.54) is 0 Å². The fraction of sp³-hybridized carbons (Fsp3) is 0.529. The summed E-state index contributed by atoms with van der Waals surface area (Å²) in [6.45, 7) is 8.60. The Balaban J connectivity index is 2.17. The van der Waals surface area contributed by atoms with Crippen LogP contribution in [0.2, 0.25) is 0 Å². The van der Waals surface area contributed by atoms with E-state index in [9.17, 15) is 9.59 Å². The first-order valence-electron chi connectivity index (χ1n) is 7.58. The summed E-state index contributed by atoms with van der Waals surface area (Å²) < 4.78 is 5.44. The highest BCUT2D eigenvalue weighted by molar-refractivity contribution is 5.75. The highest BCUT2D eigenvalue weighted by atomic mass is 16.6. The Morgan fingerprint density at radius 3 is 2.32 bits per heavy atom. The summed E-state index contributed by atoms with van der Waals surface area (Å²) >= 11 is 0. The molecule has 0 radical (unpaired) electrons. The van der Waals surface area contributed by atoms with Gasteiger partial charge >= 0.3 is 6.09 Å². The summed E-state index contributed by atoms with van der Waals surface area (Å²) in [5, 5.41) is 0. The van der Waals surface area contributed by atoms with E-state index in [-0.39, 0.29) is 18.0 Å². The van der Waals surface area contributed by atoms with Crippen LogP contribution in [0.3, 0.4) is 0 Å². The van der Waals surface area contributed by atoms with Crippen molar-refractivity contribution in [3.63, 3.8) is 0 Å². The van der Waals surface area contributed by atoms with Gasteiger partial charge in [0.2, 0.25) is 5.91 Å². The van der Waals surface area contributed by atoms with Crippen molar-refractivity contribution in [1.29, 1.82) is 0 Å². The fourth-order valence-electron chi connectivity index (χ4n) is 2.61. The number of rotatable bonds is 1. The van der Waals surface area contributed by atoms with Gasteiger partial charge in [0.1, 0.15) is 5.60 Å². The van der Waals surface area contributed by atoms with Crippen LogP contribution in [0, 0.1) is 0 Å². The zero-order chi connectivity index (χ0) is 16.3. The molecule has 120 valence electrons. The maximum atomic E-state index is 12.3. The lowest BCUT2D eigenvalue weighted by Gasteiger charge is -2.41. The smallest absolute Gasteiger partial charge is 0.410 e. The molecule has 1 aromatic rings. The molecule has 0 bridgehead atoms. The second kappa shape index (κ2) is 6.38. The van der Waals surface area contributed by atoms with Gasteiger partial charge in [0, 0.05) is 26.6 Å². The van der Waals surface area contributed by atoms with Crippen molar-refractivity contribution < 1.29 is 14.3 Å². The number of hydrogen-bond acceptors (Lipinski definition) is 3. The van der Waals surface area contributed by atoms with E-state index in [0.29, 0.717) is 19.6 Å². The molecule has 5 heteroatoms. The number of carbonyl (C=O) groups is 2. The molecule has 22 heavy (non-hydrogen) atoms. The molecule has 1 fully saturated rings. The predicted molar refractivity (Wildman–Crippen MR) is 84.4 cm³/mol. The molecule has 1 heterocycles. The summed E-state index contributed by atoms with van der Waals surface area (Å²) in [6.07, 6.45) is -0.323. The van der Waals surface area contributed by atoms with Crippen LogP contribution in [0.1, 0.15) is 39.3 Å². The second-order valence-electron chi connectivity index (χ2n) is 6.57. The minimum absolute atomic E-state index is 0.0256. The maximum Gasteiger partial charge on any atom is 0.410 e. The standard InChI is InChI=1S/C17H24N2O3/c1-13(20)19-11-10-18(16(21)22-17(2,3)4)12-15(19)14-8-6-5-7-9-14/h5-9,15H,10-12H2,1-4H3/t15-/m1/s1. The van der Waals surface area contributed by atoms with Crippen molar-refractivity contribution >= 4 is 12.0 Å². The van der Waals surface area contributed by atoms with Crippen molar-refractivity contribution in [3.8, 4) is 0 Å². The summed E-state index contributed by atoms with van der Waals surface area (Å²) in [5.41, 5.74) is 0.516. The summed E-state index contributed by atoms with van der Waals surface area (Å²) in [6, 6.07) is 9.68. The van der Waals surface area contributed by atoms with Crippen molar-refractivity contribution in [3.05, 3.63) is 35.9 Å². The average Bonchev–Trinajstić information content (AvgIpc) is 2.45. The highest BCUT2D eigenvalue weighted by Gasteiger charge is 2.33. The Morgan fingerprint density at radius 2 is 1.77 bits per heavy atom. The van der Waals surface area contributed by atoms with Gasteiger partial charge in [0.15, 0.2) is 0 Å². The van der Waals surface area contributed by atoms with Crippen LogP contribution in [0.5, 0.6) is 0 Å². The van der Waals surface area contributed by atoms with Crippen molar-refractivity contribution in [1.82, 2.24) is 9.80 Å². The second-order valence-corrected chi connectivity index (χ2v) is 6.57. The molecular formula is C17H24N2O3. The Hall–Kier alpha value is -2.04. The number of ether oxygens (including phenoxy) is 1. The molecule has 5 nitrogen and oxygen atoms in total. The number of carbonyl (C=O) groups excluding carboxylic acids is 2. The van der Waals surface area contributed by atoms with Crippen LogP contribution in [-0.2, 0) is 9.53 Å². The first-order valence-corrected chi connectivity index (χ1v) is 7.58. The van der Waals surface area contributed by atoms with Gasteiger partial charge in [-0.05, 0) is 26.3 Å². The van der Waals surface area contributed by atoms with E-state index in [1.807, 2.05) is 56.0 Å². The largest absolute Gasteiger partial charge is 0.444 e. The van der Waals surface area contributed by atoms with Crippen molar-refractivity contribution in [2.75, 3.05) is 19.6 Å². The number of amides is 2. The molecule has 1 saturated heterocycles. The summed E-state index contributed by atoms with van der Waals surface area (Å²) in [7, 11) is 0. The quantitative estimate of drug-likeness (QED) is 0.801. The van der Waals surface area contributed by atoms with Gasteiger partial charge in [-0.15, -0.1) is 0 Å². The van der Waals surface area contributed by atoms with E-state index in [1.54, 1.807) is 11.8 Å². The van der Waals surface area contributed by atoms with Gasteiger partial charge in [0.05, 0.1) is 6.04 Å². The van der Waals surface area contributed by atoms with E-state index < -0.39 is 5.60 Å². The molecule has 0 aliphatic carbocycles. The van der Waals surface area contributed by atoms with Crippen LogP contribution in [0.4, 0.5) is 4.79 Å². The van der Waals surface area contributed by atoms with Crippen molar-refractivity contribution in [2.24, 2.45) is 0 Å². The molecule has 2 rings (SSSR count). The Morgan fingerprint density at radius 1 is 1.14 bits per heavy atom. The first kappa shape index (κ1) is 16.3. The lowest BCUT2D eigenvalue weighted by atomic mass is 10.0. The summed E-state index contributed by atoms with van der Waals surface area (Å²) in [5.74, 6) is 0.0256. The normalized spacial score (nSPS) is 19.0. The van der Waals surface area contributed by atoms with Crippen LogP contribution in [0.25, 0.3) is 0 Å². The van der Waals surface area contributed by atoms with E-state index >= 15 is 0 Å². The third kappa shape index (κ3) is 4.00. The fourth-order valence-corrected chi connectivity index (χ4v) is 2.61. The molecule has 0 N–H and O–H groups in total. The van der Waals surface area contributed by atoms with Crippen LogP contribution in [0.15, 0.2) is 30.3 Å². The molecule has 1 aromatic carbocycles. The zero-order valence-electron chi connectivity index (χ0n) is 13.7. The van der Waals surface area contributed by atoms with Gasteiger partial charge in [-0.25, -0.2) is 4.79 Å². The number of benzene rings is 1. The lowest BCUT2D eigenvalue weighted by Crippen LogP contribution is -2.52. The number of nitrogens with zero attached hydrogens (tertiary/aromatic N) is 2. The van der Waals surface area contributed by atoms with Gasteiger partial charge < -0.3 is 14.5 Å². The van der Waals surface area contributed by atoms with E-state index in [2.05, 4.69) is 0 Å². The SMILES string of the molecule is CC(=O)N1CCN(C(=O)OC(C)(C)C)C[C@@H]1c1ccccc1. The molecule has 1 aliphatic heterocycles. The monoisotopic (exact) mass is 304 g/mol. The first-order chi connectivity index (χ1) is 10.3. The summed E-state index contributed by atoms with van der Waals surface area (Å²) in [4.78, 5) is 27.6. The molecule has 1 aliphatic rings. The van der Waals surface area contributed by atoms with Crippen LogP contribution < -0.4 is 0 Å². The molecular weight excluding hydrogens is 280 g/mol. The Kier molecular flexibility index (Phi) is 4.74. The molecule has 0 unspecified atom stereocenters. The van der Waals surface area contributed by atoms with Gasteiger partial charge in [-0.3, -0.25) is 4.79 Å². The molecule has 0 aromatic heterocycles. The third-order valence-corrected chi connectivity index (χ3v) is 3.62. The van der Waals surface area contributed by atoms with Crippen LogP contribution in [-0.4, -0.2) is 47.0 Å². The number of hydrogen-bond donors (Lipinski definition) is 0. The maximum absolute atomic E-state index is 12.3. The van der Waals surface area contributed by atoms with Crippen molar-refractivity contribution in [2.45, 2.75) is 39.3 Å². The lowest BCUT2D eigenvalue weighted by molar-refractivity contribution is -0.134. The van der Waals surface area contributed by atoms with Gasteiger partial charge in [-0.1, -0.05) is 30.3 Å². The van der Waals surface area contributed by atoms with E-state index in [4.69, 9.17) is 4.74 Å². The van der Waals surface area contributed by atoms with E-state index in [0.717, 1.165) is 5.56 Å². The average molecular weight is 304 g/mol. The predicted octanol–water partition coefficient (Wildman–Crippen LogP) is 2.83. The van der Waals surface area contributed by atoms with Gasteiger partial charge in [-0.2, -0.15) is 0 Å². The molecule has 2 amide bonds. The zero-order valence-corrected chi connectivity index (χ0v) is 13.7.